The van der Waals surface area contributed by atoms with E-state index in [2.05, 4.69) is 20.3 Å². The van der Waals surface area contributed by atoms with Gasteiger partial charge in [0, 0.05) is 25.7 Å². The molecule has 1 N–H and O–H groups in total. The lowest BCUT2D eigenvalue weighted by Gasteiger charge is -2.12. The fourth-order valence-electron chi connectivity index (χ4n) is 2.09. The van der Waals surface area contributed by atoms with Crippen molar-refractivity contribution in [1.82, 2.24) is 24.8 Å². The Morgan fingerprint density at radius 3 is 2.68 bits per heavy atom. The predicted molar refractivity (Wildman–Crippen MR) is 59.8 cm³/mol. The number of hydrogen-bond acceptors (Lipinski definition) is 4. The second-order valence-corrected chi connectivity index (χ2v) is 4.31. The number of imidazole rings is 1. The normalized spacial score (nSPS) is 14.7. The van der Waals surface area contributed by atoms with E-state index in [0.29, 0.717) is 17.9 Å². The van der Waals surface area contributed by atoms with E-state index in [1.165, 1.54) is 12.5 Å². The molecule has 2 aromatic heterocycles. The molecule has 0 saturated carbocycles. The van der Waals surface area contributed by atoms with Crippen molar-refractivity contribution in [3.05, 3.63) is 29.5 Å². The summed E-state index contributed by atoms with van der Waals surface area (Å²) in [4.78, 5) is 11.7. The third kappa shape index (κ3) is 1.97. The summed E-state index contributed by atoms with van der Waals surface area (Å²) in [5, 5.41) is 2.86. The number of nitrogens with zero attached hydrogens (tertiary/aromatic N) is 4. The van der Waals surface area contributed by atoms with E-state index < -0.39 is 11.9 Å². The number of aromatic nitrogens is 4. The highest BCUT2D eigenvalue weighted by atomic mass is 19.4. The van der Waals surface area contributed by atoms with Crippen molar-refractivity contribution in [2.75, 3.05) is 0 Å². The van der Waals surface area contributed by atoms with Crippen molar-refractivity contribution in [3.63, 3.8) is 0 Å². The Kier molecular flexibility index (Phi) is 2.56. The Morgan fingerprint density at radius 1 is 1.26 bits per heavy atom. The molecule has 5 nitrogen and oxygen atoms in total. The SMILES string of the molecule is Cn1cncc1-c1nc2c(c(C(F)(F)F)n1)CNC2. The molecule has 3 heterocycles. The number of aryl methyl sites for hydroxylation is 1. The van der Waals surface area contributed by atoms with Gasteiger partial charge in [0.1, 0.15) is 5.69 Å². The second-order valence-electron chi connectivity index (χ2n) is 4.31. The number of fused-ring (bicyclic) bond motifs is 1. The molecule has 0 fully saturated rings. The summed E-state index contributed by atoms with van der Waals surface area (Å²) in [6.45, 7) is 0.474. The molecule has 1 aliphatic rings. The van der Waals surface area contributed by atoms with Gasteiger partial charge in [-0.05, 0) is 0 Å². The van der Waals surface area contributed by atoms with Crippen LogP contribution in [0.4, 0.5) is 13.2 Å². The van der Waals surface area contributed by atoms with Crippen molar-refractivity contribution in [3.8, 4) is 11.5 Å². The molecular formula is C11H10F3N5. The average Bonchev–Trinajstić information content (AvgIpc) is 2.94. The van der Waals surface area contributed by atoms with Gasteiger partial charge >= 0.3 is 6.18 Å². The molecular weight excluding hydrogens is 259 g/mol. The maximum atomic E-state index is 13.0. The Morgan fingerprint density at radius 2 is 2.05 bits per heavy atom. The first kappa shape index (κ1) is 12.1. The molecule has 0 aliphatic carbocycles. The van der Waals surface area contributed by atoms with Crippen LogP contribution in [0, 0.1) is 0 Å². The van der Waals surface area contributed by atoms with Crippen LogP contribution in [0.1, 0.15) is 17.0 Å². The molecule has 100 valence electrons. The number of halogens is 3. The molecule has 0 amide bonds. The number of rotatable bonds is 1. The van der Waals surface area contributed by atoms with Crippen LogP contribution in [0.3, 0.4) is 0 Å². The minimum atomic E-state index is -4.48. The van der Waals surface area contributed by atoms with Crippen molar-refractivity contribution in [2.24, 2.45) is 7.05 Å². The van der Waals surface area contributed by atoms with E-state index in [1.807, 2.05) is 0 Å². The highest BCUT2D eigenvalue weighted by Crippen LogP contribution is 2.34. The molecule has 0 saturated heterocycles. The molecule has 3 rings (SSSR count). The Labute approximate surface area is 106 Å². The van der Waals surface area contributed by atoms with E-state index in [9.17, 15) is 13.2 Å². The van der Waals surface area contributed by atoms with Gasteiger partial charge < -0.3 is 9.88 Å². The first-order chi connectivity index (χ1) is 8.97. The summed E-state index contributed by atoms with van der Waals surface area (Å²) in [5.74, 6) is 0.0507. The van der Waals surface area contributed by atoms with Crippen molar-refractivity contribution in [1.29, 1.82) is 0 Å². The topological polar surface area (TPSA) is 55.6 Å². The van der Waals surface area contributed by atoms with Gasteiger partial charge in [0.05, 0.1) is 18.2 Å². The second kappa shape index (κ2) is 4.02. The maximum absolute atomic E-state index is 13.0. The zero-order valence-corrected chi connectivity index (χ0v) is 9.99. The number of nitrogens with one attached hydrogen (secondary N) is 1. The van der Waals surface area contributed by atoms with Crippen LogP contribution in [0.5, 0.6) is 0 Å². The molecule has 0 bridgehead atoms. The molecule has 19 heavy (non-hydrogen) atoms. The van der Waals surface area contributed by atoms with E-state index in [-0.39, 0.29) is 17.9 Å². The van der Waals surface area contributed by atoms with Crippen LogP contribution < -0.4 is 5.32 Å². The van der Waals surface area contributed by atoms with E-state index in [4.69, 9.17) is 0 Å². The maximum Gasteiger partial charge on any atom is 0.433 e. The molecule has 1 aliphatic heterocycles. The first-order valence-electron chi connectivity index (χ1n) is 5.61. The van der Waals surface area contributed by atoms with E-state index in [0.717, 1.165) is 0 Å². The summed E-state index contributed by atoms with van der Waals surface area (Å²) in [6.07, 6.45) is -1.53. The van der Waals surface area contributed by atoms with Crippen molar-refractivity contribution < 1.29 is 13.2 Å². The Bertz CT molecular complexity index is 632. The van der Waals surface area contributed by atoms with Crippen LogP contribution >= 0.6 is 0 Å². The van der Waals surface area contributed by atoms with Gasteiger partial charge in [-0.2, -0.15) is 13.2 Å². The highest BCUT2D eigenvalue weighted by Gasteiger charge is 2.38. The Hall–Kier alpha value is -1.96. The third-order valence-corrected chi connectivity index (χ3v) is 3.00. The lowest BCUT2D eigenvalue weighted by Crippen LogP contribution is -2.15. The number of hydrogen-bond donors (Lipinski definition) is 1. The van der Waals surface area contributed by atoms with Gasteiger partial charge in [-0.15, -0.1) is 0 Å². The summed E-state index contributed by atoms with van der Waals surface area (Å²) in [7, 11) is 1.68. The first-order valence-corrected chi connectivity index (χ1v) is 5.61. The van der Waals surface area contributed by atoms with Crippen LogP contribution in [0.15, 0.2) is 12.5 Å². The fourth-order valence-corrected chi connectivity index (χ4v) is 2.09. The molecule has 0 spiro atoms. The fraction of sp³-hybridized carbons (Fsp3) is 0.364. The van der Waals surface area contributed by atoms with Gasteiger partial charge in [0.15, 0.2) is 11.5 Å². The van der Waals surface area contributed by atoms with Gasteiger partial charge in [-0.25, -0.2) is 15.0 Å². The summed E-state index contributed by atoms with van der Waals surface area (Å²) in [6, 6.07) is 0. The van der Waals surface area contributed by atoms with Crippen LogP contribution in [0.25, 0.3) is 11.5 Å². The van der Waals surface area contributed by atoms with Gasteiger partial charge in [-0.3, -0.25) is 0 Å². The highest BCUT2D eigenvalue weighted by molar-refractivity contribution is 5.51. The molecule has 8 heteroatoms. The molecule has 2 aromatic rings. The lowest BCUT2D eigenvalue weighted by atomic mass is 10.1. The lowest BCUT2D eigenvalue weighted by molar-refractivity contribution is -0.141. The predicted octanol–water partition coefficient (Wildman–Crippen LogP) is 1.50. The molecule has 0 aromatic carbocycles. The van der Waals surface area contributed by atoms with Gasteiger partial charge in [0.25, 0.3) is 0 Å². The molecule has 0 atom stereocenters. The van der Waals surface area contributed by atoms with Crippen molar-refractivity contribution in [2.45, 2.75) is 19.3 Å². The zero-order chi connectivity index (χ0) is 13.6. The van der Waals surface area contributed by atoms with E-state index >= 15 is 0 Å². The third-order valence-electron chi connectivity index (χ3n) is 3.00. The monoisotopic (exact) mass is 269 g/mol. The largest absolute Gasteiger partial charge is 0.433 e. The minimum Gasteiger partial charge on any atom is -0.331 e. The van der Waals surface area contributed by atoms with Crippen LogP contribution in [-0.2, 0) is 26.3 Å². The van der Waals surface area contributed by atoms with Gasteiger partial charge in [0.2, 0.25) is 0 Å². The number of alkyl halides is 3. The standard InChI is InChI=1S/C11H10F3N5/c1-19-5-16-4-8(19)10-17-7-3-15-2-6(7)9(18-10)11(12,13)14/h4-5,15H,2-3H2,1H3. The van der Waals surface area contributed by atoms with E-state index in [1.54, 1.807) is 11.6 Å². The smallest absolute Gasteiger partial charge is 0.331 e. The van der Waals surface area contributed by atoms with Crippen LogP contribution in [0.2, 0.25) is 0 Å². The zero-order valence-electron chi connectivity index (χ0n) is 9.99. The Balaban J connectivity index is 2.21. The van der Waals surface area contributed by atoms with Crippen molar-refractivity contribution >= 4 is 0 Å². The summed E-state index contributed by atoms with van der Waals surface area (Å²) in [5.41, 5.74) is 0.135. The summed E-state index contributed by atoms with van der Waals surface area (Å²) < 4.78 is 40.7. The van der Waals surface area contributed by atoms with Gasteiger partial charge in [-0.1, -0.05) is 0 Å². The minimum absolute atomic E-state index is 0.0507. The average molecular weight is 269 g/mol. The van der Waals surface area contributed by atoms with Crippen LogP contribution in [-0.4, -0.2) is 19.5 Å². The molecule has 0 unspecified atom stereocenters. The quantitative estimate of drug-likeness (QED) is 0.852. The molecule has 0 radical (unpaired) electrons. The summed E-state index contributed by atoms with van der Waals surface area (Å²) >= 11 is 0.